The van der Waals surface area contributed by atoms with Crippen LogP contribution in [-0.4, -0.2) is 64.3 Å². The fraction of sp³-hybridized carbons (Fsp3) is 0.333. The SMILES string of the molecule is COCCN(CCOC)C1=C(c2ccc(OC)cc2)C(=O)N(c2ccc(C)cc2)C1=O. The van der Waals surface area contributed by atoms with Gasteiger partial charge in [0.1, 0.15) is 11.4 Å². The van der Waals surface area contributed by atoms with E-state index in [1.165, 1.54) is 4.90 Å². The summed E-state index contributed by atoms with van der Waals surface area (Å²) < 4.78 is 15.7. The van der Waals surface area contributed by atoms with Crippen molar-refractivity contribution in [3.05, 3.63) is 65.4 Å². The molecule has 2 aromatic rings. The number of aryl methyl sites for hydroxylation is 1. The van der Waals surface area contributed by atoms with Crippen LogP contribution in [0.15, 0.2) is 54.2 Å². The molecule has 0 N–H and O–H groups in total. The van der Waals surface area contributed by atoms with Gasteiger partial charge in [-0.3, -0.25) is 9.59 Å². The number of anilines is 1. The van der Waals surface area contributed by atoms with Crippen LogP contribution in [0.1, 0.15) is 11.1 Å². The molecule has 0 spiro atoms. The Labute approximate surface area is 182 Å². The molecule has 2 amide bonds. The Hall–Kier alpha value is -3.16. The summed E-state index contributed by atoms with van der Waals surface area (Å²) in [5.74, 6) is -0.0329. The largest absolute Gasteiger partial charge is 0.497 e. The van der Waals surface area contributed by atoms with E-state index in [-0.39, 0.29) is 11.8 Å². The van der Waals surface area contributed by atoms with E-state index in [9.17, 15) is 9.59 Å². The fourth-order valence-corrected chi connectivity index (χ4v) is 3.50. The lowest BCUT2D eigenvalue weighted by Crippen LogP contribution is -2.37. The van der Waals surface area contributed by atoms with Crippen LogP contribution >= 0.6 is 0 Å². The predicted octanol–water partition coefficient (Wildman–Crippen LogP) is 2.88. The Morgan fingerprint density at radius 2 is 1.39 bits per heavy atom. The predicted molar refractivity (Wildman–Crippen MR) is 119 cm³/mol. The molecule has 0 atom stereocenters. The Bertz CT molecular complexity index is 943. The second kappa shape index (κ2) is 10.2. The summed E-state index contributed by atoms with van der Waals surface area (Å²) in [4.78, 5) is 30.2. The van der Waals surface area contributed by atoms with Crippen LogP contribution in [0.4, 0.5) is 5.69 Å². The average Bonchev–Trinajstić information content (AvgIpc) is 3.04. The molecule has 2 aromatic carbocycles. The van der Waals surface area contributed by atoms with Gasteiger partial charge in [0.25, 0.3) is 11.8 Å². The molecule has 1 aliphatic rings. The first-order valence-electron chi connectivity index (χ1n) is 10.1. The number of hydrogen-bond donors (Lipinski definition) is 0. The lowest BCUT2D eigenvalue weighted by atomic mass is 10.0. The smallest absolute Gasteiger partial charge is 0.282 e. The van der Waals surface area contributed by atoms with E-state index < -0.39 is 0 Å². The fourth-order valence-electron chi connectivity index (χ4n) is 3.50. The minimum absolute atomic E-state index is 0.352. The van der Waals surface area contributed by atoms with E-state index in [2.05, 4.69) is 0 Å². The molecular formula is C24H28N2O5. The monoisotopic (exact) mass is 424 g/mol. The Morgan fingerprint density at radius 1 is 0.806 bits per heavy atom. The summed E-state index contributed by atoms with van der Waals surface area (Å²) >= 11 is 0. The molecule has 1 aliphatic heterocycles. The molecule has 0 saturated heterocycles. The highest BCUT2D eigenvalue weighted by atomic mass is 16.5. The van der Waals surface area contributed by atoms with Crippen molar-refractivity contribution in [3.63, 3.8) is 0 Å². The normalized spacial score (nSPS) is 13.9. The maximum Gasteiger partial charge on any atom is 0.282 e. The van der Waals surface area contributed by atoms with Crippen molar-refractivity contribution in [3.8, 4) is 5.75 Å². The highest BCUT2D eigenvalue weighted by Crippen LogP contribution is 2.35. The zero-order valence-corrected chi connectivity index (χ0v) is 18.4. The first-order chi connectivity index (χ1) is 15.0. The van der Waals surface area contributed by atoms with E-state index in [1.807, 2.05) is 24.0 Å². The van der Waals surface area contributed by atoms with Gasteiger partial charge in [0, 0.05) is 27.3 Å². The molecule has 1 heterocycles. The van der Waals surface area contributed by atoms with Crippen molar-refractivity contribution in [2.75, 3.05) is 52.5 Å². The number of nitrogens with zero attached hydrogens (tertiary/aromatic N) is 2. The van der Waals surface area contributed by atoms with Gasteiger partial charge < -0.3 is 19.1 Å². The molecule has 164 valence electrons. The van der Waals surface area contributed by atoms with Crippen LogP contribution in [0.5, 0.6) is 5.75 Å². The average molecular weight is 424 g/mol. The van der Waals surface area contributed by atoms with E-state index in [0.29, 0.717) is 54.6 Å². The Balaban J connectivity index is 2.10. The van der Waals surface area contributed by atoms with E-state index in [4.69, 9.17) is 14.2 Å². The molecule has 0 fully saturated rings. The van der Waals surface area contributed by atoms with Crippen molar-refractivity contribution in [2.24, 2.45) is 0 Å². The molecule has 7 heteroatoms. The van der Waals surface area contributed by atoms with Gasteiger partial charge in [-0.15, -0.1) is 0 Å². The lowest BCUT2D eigenvalue weighted by Gasteiger charge is -2.25. The summed E-state index contributed by atoms with van der Waals surface area (Å²) in [6.45, 7) is 3.69. The van der Waals surface area contributed by atoms with Gasteiger partial charge in [-0.1, -0.05) is 29.8 Å². The number of rotatable bonds is 10. The zero-order valence-electron chi connectivity index (χ0n) is 18.4. The van der Waals surface area contributed by atoms with Gasteiger partial charge in [-0.05, 0) is 36.8 Å². The van der Waals surface area contributed by atoms with Crippen LogP contribution in [0, 0.1) is 6.92 Å². The number of benzene rings is 2. The third-order valence-corrected chi connectivity index (χ3v) is 5.18. The second-order valence-corrected chi connectivity index (χ2v) is 7.21. The van der Waals surface area contributed by atoms with Crippen molar-refractivity contribution >= 4 is 23.1 Å². The second-order valence-electron chi connectivity index (χ2n) is 7.21. The molecule has 31 heavy (non-hydrogen) atoms. The topological polar surface area (TPSA) is 68.3 Å². The molecule has 0 aliphatic carbocycles. The summed E-state index contributed by atoms with van der Waals surface area (Å²) in [6, 6.07) is 14.5. The summed E-state index contributed by atoms with van der Waals surface area (Å²) in [6.07, 6.45) is 0. The summed E-state index contributed by atoms with van der Waals surface area (Å²) in [5.41, 5.74) is 2.96. The van der Waals surface area contributed by atoms with Gasteiger partial charge >= 0.3 is 0 Å². The molecule has 0 radical (unpaired) electrons. The first kappa shape index (κ1) is 22.5. The summed E-state index contributed by atoms with van der Waals surface area (Å²) in [7, 11) is 4.79. The van der Waals surface area contributed by atoms with E-state index >= 15 is 0 Å². The zero-order chi connectivity index (χ0) is 22.4. The number of amides is 2. The highest BCUT2D eigenvalue weighted by molar-refractivity contribution is 6.45. The van der Waals surface area contributed by atoms with E-state index in [0.717, 1.165) is 5.56 Å². The quantitative estimate of drug-likeness (QED) is 0.547. The molecule has 0 aromatic heterocycles. The van der Waals surface area contributed by atoms with Crippen LogP contribution in [-0.2, 0) is 19.1 Å². The summed E-state index contributed by atoms with van der Waals surface area (Å²) in [5, 5.41) is 0. The van der Waals surface area contributed by atoms with Crippen molar-refractivity contribution < 1.29 is 23.8 Å². The highest BCUT2D eigenvalue weighted by Gasteiger charge is 2.42. The molecule has 0 saturated carbocycles. The van der Waals surface area contributed by atoms with Gasteiger partial charge in [-0.2, -0.15) is 0 Å². The first-order valence-corrected chi connectivity index (χ1v) is 10.1. The Kier molecular flexibility index (Phi) is 7.44. The number of carbonyl (C=O) groups is 2. The third kappa shape index (κ3) is 4.78. The number of imide groups is 1. The van der Waals surface area contributed by atoms with Crippen molar-refractivity contribution in [2.45, 2.75) is 6.92 Å². The van der Waals surface area contributed by atoms with Gasteiger partial charge in [0.2, 0.25) is 0 Å². The van der Waals surface area contributed by atoms with Crippen molar-refractivity contribution in [1.82, 2.24) is 4.90 Å². The Morgan fingerprint density at radius 3 is 1.90 bits per heavy atom. The molecular weight excluding hydrogens is 396 g/mol. The third-order valence-electron chi connectivity index (χ3n) is 5.18. The van der Waals surface area contributed by atoms with Crippen LogP contribution < -0.4 is 9.64 Å². The number of methoxy groups -OCH3 is 3. The van der Waals surface area contributed by atoms with Crippen LogP contribution in [0.25, 0.3) is 5.57 Å². The van der Waals surface area contributed by atoms with Crippen LogP contribution in [0.2, 0.25) is 0 Å². The maximum atomic E-state index is 13.6. The molecule has 3 rings (SSSR count). The molecule has 0 unspecified atom stereocenters. The van der Waals surface area contributed by atoms with Crippen LogP contribution in [0.3, 0.4) is 0 Å². The molecule has 7 nitrogen and oxygen atoms in total. The number of hydrogen-bond acceptors (Lipinski definition) is 6. The minimum atomic E-state index is -0.355. The van der Waals surface area contributed by atoms with E-state index in [1.54, 1.807) is 57.7 Å². The number of ether oxygens (including phenoxy) is 3. The lowest BCUT2D eigenvalue weighted by molar-refractivity contribution is -0.120. The van der Waals surface area contributed by atoms with Gasteiger partial charge in [0.05, 0.1) is 31.6 Å². The van der Waals surface area contributed by atoms with Crippen molar-refractivity contribution in [1.29, 1.82) is 0 Å². The van der Waals surface area contributed by atoms with Gasteiger partial charge in [-0.25, -0.2) is 4.90 Å². The minimum Gasteiger partial charge on any atom is -0.497 e. The molecule has 0 bridgehead atoms. The number of carbonyl (C=O) groups excluding carboxylic acids is 2. The standard InChI is InChI=1S/C24H28N2O5/c1-17-5-9-19(10-6-17)26-23(27)21(18-7-11-20(31-4)12-8-18)22(24(26)28)25(13-15-29-2)14-16-30-3/h5-12H,13-16H2,1-4H3. The maximum absolute atomic E-state index is 13.6. The van der Waals surface area contributed by atoms with Gasteiger partial charge in [0.15, 0.2) is 0 Å².